The average molecular weight is 439 g/mol. The highest BCUT2D eigenvalue weighted by atomic mass is 32.2. The fourth-order valence-corrected chi connectivity index (χ4v) is 4.96. The molecule has 1 amide bonds. The smallest absolute Gasteiger partial charge is 0.247 e. The van der Waals surface area contributed by atoms with Gasteiger partial charge in [0, 0.05) is 45.1 Å². The van der Waals surface area contributed by atoms with Crippen molar-refractivity contribution in [3.63, 3.8) is 0 Å². The van der Waals surface area contributed by atoms with Crippen molar-refractivity contribution >= 4 is 15.9 Å². The molecule has 0 aliphatic carbocycles. The van der Waals surface area contributed by atoms with Gasteiger partial charge in [0.1, 0.15) is 23.4 Å². The van der Waals surface area contributed by atoms with Crippen LogP contribution in [0.1, 0.15) is 26.3 Å². The first-order chi connectivity index (χ1) is 14.1. The van der Waals surface area contributed by atoms with E-state index >= 15 is 0 Å². The number of aliphatic hydroxyl groups is 1. The molecule has 30 heavy (non-hydrogen) atoms. The van der Waals surface area contributed by atoms with E-state index in [0.29, 0.717) is 12.1 Å². The Balaban J connectivity index is 2.57. The van der Waals surface area contributed by atoms with Gasteiger partial charge in [-0.3, -0.25) is 4.79 Å². The molecular formula is C21H30N2O6S. The van der Waals surface area contributed by atoms with Crippen LogP contribution in [0.15, 0.2) is 23.1 Å². The van der Waals surface area contributed by atoms with Crippen molar-refractivity contribution in [3.8, 4) is 17.6 Å². The molecule has 1 heterocycles. The number of benzene rings is 1. The molecular weight excluding hydrogens is 408 g/mol. The number of ether oxygens (including phenoxy) is 2. The number of sulfonamides is 1. The number of carbonyl (C=O) groups is 1. The fourth-order valence-electron chi connectivity index (χ4n) is 3.13. The average Bonchev–Trinajstić information content (AvgIpc) is 2.70. The minimum absolute atomic E-state index is 0.0162. The van der Waals surface area contributed by atoms with E-state index in [2.05, 4.69) is 11.8 Å². The Hall–Kier alpha value is -2.12. The molecule has 0 bridgehead atoms. The number of fused-ring (bicyclic) bond motifs is 1. The highest BCUT2D eigenvalue weighted by molar-refractivity contribution is 7.89. The Kier molecular flexibility index (Phi) is 8.26. The van der Waals surface area contributed by atoms with Crippen molar-refractivity contribution in [2.24, 2.45) is 5.92 Å². The number of methoxy groups -OCH3 is 1. The second kappa shape index (κ2) is 10.3. The van der Waals surface area contributed by atoms with E-state index in [4.69, 9.17) is 9.47 Å². The zero-order chi connectivity index (χ0) is 22.5. The number of nitrogens with zero attached hydrogens (tertiary/aromatic N) is 2. The van der Waals surface area contributed by atoms with Crippen LogP contribution in [-0.4, -0.2) is 81.2 Å². The summed E-state index contributed by atoms with van der Waals surface area (Å²) in [6.45, 7) is 5.41. The molecule has 1 aromatic rings. The van der Waals surface area contributed by atoms with Crippen LogP contribution in [0.5, 0.6) is 5.75 Å². The number of hydrogen-bond acceptors (Lipinski definition) is 6. The van der Waals surface area contributed by atoms with Crippen LogP contribution in [0.4, 0.5) is 0 Å². The predicted molar refractivity (Wildman–Crippen MR) is 113 cm³/mol. The van der Waals surface area contributed by atoms with E-state index in [1.165, 1.54) is 17.3 Å². The lowest BCUT2D eigenvalue weighted by atomic mass is 10.0. The third kappa shape index (κ3) is 5.52. The lowest BCUT2D eigenvalue weighted by Crippen LogP contribution is -2.50. The molecule has 1 aliphatic rings. The second-order valence-corrected chi connectivity index (χ2v) is 9.39. The summed E-state index contributed by atoms with van der Waals surface area (Å²) in [5.41, 5.74) is 0.592. The number of rotatable bonds is 5. The minimum Gasteiger partial charge on any atom is -0.487 e. The van der Waals surface area contributed by atoms with Gasteiger partial charge >= 0.3 is 0 Å². The van der Waals surface area contributed by atoms with Crippen LogP contribution in [0.25, 0.3) is 0 Å². The molecule has 0 unspecified atom stereocenters. The summed E-state index contributed by atoms with van der Waals surface area (Å²) in [7, 11) is -0.685. The van der Waals surface area contributed by atoms with Crippen LogP contribution >= 0.6 is 0 Å². The Labute approximate surface area is 178 Å². The van der Waals surface area contributed by atoms with Gasteiger partial charge in [0.25, 0.3) is 0 Å². The van der Waals surface area contributed by atoms with Gasteiger partial charge in [-0.1, -0.05) is 18.8 Å². The number of amides is 1. The molecule has 8 nitrogen and oxygen atoms in total. The van der Waals surface area contributed by atoms with Gasteiger partial charge in [0.15, 0.2) is 0 Å². The Morgan fingerprint density at radius 2 is 2.17 bits per heavy atom. The van der Waals surface area contributed by atoms with E-state index in [-0.39, 0.29) is 42.2 Å². The number of likely N-dealkylation sites (N-methyl/N-ethyl adjacent to an activating group) is 1. The molecule has 0 saturated carbocycles. The molecule has 1 aliphatic heterocycles. The fraction of sp³-hybridized carbons (Fsp3) is 0.571. The van der Waals surface area contributed by atoms with Crippen molar-refractivity contribution in [2.45, 2.75) is 37.8 Å². The molecule has 2 rings (SSSR count). The summed E-state index contributed by atoms with van der Waals surface area (Å²) in [6, 6.07) is 4.08. The van der Waals surface area contributed by atoms with E-state index in [1.807, 2.05) is 6.92 Å². The van der Waals surface area contributed by atoms with Gasteiger partial charge < -0.3 is 19.5 Å². The van der Waals surface area contributed by atoms with Crippen molar-refractivity contribution in [2.75, 3.05) is 40.5 Å². The maximum absolute atomic E-state index is 13.3. The molecule has 166 valence electrons. The van der Waals surface area contributed by atoms with Crippen LogP contribution in [-0.2, 0) is 19.6 Å². The summed E-state index contributed by atoms with van der Waals surface area (Å²) in [5.74, 6) is 5.60. The summed E-state index contributed by atoms with van der Waals surface area (Å²) >= 11 is 0. The highest BCUT2D eigenvalue weighted by Gasteiger charge is 2.38. The Morgan fingerprint density at radius 3 is 2.77 bits per heavy atom. The number of aliphatic hydroxyl groups excluding tert-OH is 1. The predicted octanol–water partition coefficient (Wildman–Crippen LogP) is 0.931. The topological polar surface area (TPSA) is 96.4 Å². The van der Waals surface area contributed by atoms with Gasteiger partial charge in [0.05, 0.1) is 13.2 Å². The molecule has 0 aromatic heterocycles. The Morgan fingerprint density at radius 1 is 1.47 bits per heavy atom. The van der Waals surface area contributed by atoms with Gasteiger partial charge in [-0.25, -0.2) is 8.42 Å². The first-order valence-corrected chi connectivity index (χ1v) is 11.2. The molecule has 0 spiro atoms. The third-order valence-corrected chi connectivity index (χ3v) is 7.13. The maximum atomic E-state index is 13.3. The number of hydrogen-bond donors (Lipinski definition) is 1. The molecule has 0 fully saturated rings. The summed E-state index contributed by atoms with van der Waals surface area (Å²) in [4.78, 5) is 13.3. The molecule has 0 radical (unpaired) electrons. The molecule has 1 aromatic carbocycles. The Bertz CT molecular complexity index is 921. The number of carbonyl (C=O) groups excluding carboxylic acids is 1. The van der Waals surface area contributed by atoms with E-state index in [1.54, 1.807) is 38.1 Å². The molecule has 0 saturated heterocycles. The molecule has 9 heteroatoms. The monoisotopic (exact) mass is 438 g/mol. The van der Waals surface area contributed by atoms with Crippen LogP contribution in [0, 0.1) is 17.8 Å². The lowest BCUT2D eigenvalue weighted by Gasteiger charge is -2.37. The third-order valence-electron chi connectivity index (χ3n) is 5.11. The van der Waals surface area contributed by atoms with E-state index < -0.39 is 22.2 Å². The summed E-state index contributed by atoms with van der Waals surface area (Å²) in [6.07, 6.45) is -0.441. The largest absolute Gasteiger partial charge is 0.487 e. The quantitative estimate of drug-likeness (QED) is 0.687. The molecule has 1 N–H and O–H groups in total. The van der Waals surface area contributed by atoms with Crippen LogP contribution < -0.4 is 4.74 Å². The minimum atomic E-state index is -3.90. The van der Waals surface area contributed by atoms with E-state index in [0.717, 1.165) is 0 Å². The van der Waals surface area contributed by atoms with Crippen LogP contribution in [0.2, 0.25) is 0 Å². The SMILES string of the molecule is COCC#Cc1ccc2c(c1)O[C@@H](CN(C)C(C)=O)[C@H](C)CN([C@H](C)CO)S2(=O)=O. The van der Waals surface area contributed by atoms with Crippen LogP contribution in [0.3, 0.4) is 0 Å². The van der Waals surface area contributed by atoms with Crippen molar-refractivity contribution in [3.05, 3.63) is 23.8 Å². The van der Waals surface area contributed by atoms with Crippen molar-refractivity contribution in [1.29, 1.82) is 0 Å². The highest BCUT2D eigenvalue weighted by Crippen LogP contribution is 2.34. The normalized spacial score (nSPS) is 21.8. The lowest BCUT2D eigenvalue weighted by molar-refractivity contribution is -0.129. The van der Waals surface area contributed by atoms with Crippen molar-refractivity contribution < 1.29 is 27.8 Å². The van der Waals surface area contributed by atoms with E-state index in [9.17, 15) is 18.3 Å². The van der Waals surface area contributed by atoms with Crippen molar-refractivity contribution in [1.82, 2.24) is 9.21 Å². The first kappa shape index (κ1) is 24.2. The van der Waals surface area contributed by atoms with Gasteiger partial charge in [-0.2, -0.15) is 4.31 Å². The standard InChI is InChI=1S/C21H30N2O6S/c1-15-12-23(16(2)14-24)30(26,27)21-9-8-18(7-6-10-28-5)11-19(21)29-20(15)13-22(4)17(3)25/h8-9,11,15-16,20,24H,10,12-14H2,1-5H3/t15-,16-,20+/m1/s1. The summed E-state index contributed by atoms with van der Waals surface area (Å²) in [5, 5.41) is 9.64. The summed E-state index contributed by atoms with van der Waals surface area (Å²) < 4.78 is 39.1. The maximum Gasteiger partial charge on any atom is 0.247 e. The second-order valence-electron chi connectivity index (χ2n) is 7.54. The van der Waals surface area contributed by atoms with Gasteiger partial charge in [-0.05, 0) is 25.1 Å². The zero-order valence-electron chi connectivity index (χ0n) is 18.1. The zero-order valence-corrected chi connectivity index (χ0v) is 18.9. The van der Waals surface area contributed by atoms with Gasteiger partial charge in [0.2, 0.25) is 15.9 Å². The molecule has 3 atom stereocenters. The first-order valence-electron chi connectivity index (χ1n) is 9.74. The van der Waals surface area contributed by atoms with Gasteiger partial charge in [-0.15, -0.1) is 0 Å².